The van der Waals surface area contributed by atoms with Crippen molar-refractivity contribution in [2.45, 2.75) is 39.2 Å². The summed E-state index contributed by atoms with van der Waals surface area (Å²) in [5.74, 6) is -0.331. The van der Waals surface area contributed by atoms with Crippen molar-refractivity contribution >= 4 is 23.0 Å². The van der Waals surface area contributed by atoms with E-state index in [0.717, 1.165) is 55.9 Å². The predicted octanol–water partition coefficient (Wildman–Crippen LogP) is 5.40. The summed E-state index contributed by atoms with van der Waals surface area (Å²) < 4.78 is 13.4. The Labute approximate surface area is 170 Å². The first-order valence-electron chi connectivity index (χ1n) is 9.83. The molecule has 1 aromatic carbocycles. The maximum absolute atomic E-state index is 13.4. The number of pyridine rings is 1. The van der Waals surface area contributed by atoms with Crippen molar-refractivity contribution in [2.24, 2.45) is 5.10 Å². The van der Waals surface area contributed by atoms with Gasteiger partial charge in [-0.15, -0.1) is 0 Å². The van der Waals surface area contributed by atoms with Gasteiger partial charge in [0.15, 0.2) is 0 Å². The molecular weight excluding hydrogens is 375 g/mol. The predicted molar refractivity (Wildman–Crippen MR) is 112 cm³/mol. The maximum atomic E-state index is 13.4. The van der Waals surface area contributed by atoms with Gasteiger partial charge < -0.3 is 4.90 Å². The minimum absolute atomic E-state index is 0.331. The van der Waals surface area contributed by atoms with E-state index in [1.165, 1.54) is 23.4 Å². The molecule has 0 spiro atoms. The van der Waals surface area contributed by atoms with E-state index in [2.05, 4.69) is 22.9 Å². The van der Waals surface area contributed by atoms with E-state index < -0.39 is 0 Å². The number of hydrazone groups is 1. The number of nitrogens with zero attached hydrogens (tertiary/aromatic N) is 4. The summed E-state index contributed by atoms with van der Waals surface area (Å²) >= 11 is 6.28. The van der Waals surface area contributed by atoms with Gasteiger partial charge in [-0.05, 0) is 43.2 Å². The minimum Gasteiger partial charge on any atom is -0.368 e. The van der Waals surface area contributed by atoms with E-state index in [4.69, 9.17) is 16.7 Å². The third-order valence-electron chi connectivity index (χ3n) is 5.28. The summed E-state index contributed by atoms with van der Waals surface area (Å²) in [6.45, 7) is 4.64. The summed E-state index contributed by atoms with van der Waals surface area (Å²) in [6, 6.07) is 10.5. The standard InChI is InChI=1S/C22H24ClFN4/c1-2-3-7-21-18-15-28(22-9-8-16(24)13-19(22)23)26-20(18)10-12-27(21)14-17-6-4-5-11-25-17/h4-6,8-9,11,13H,2-3,7,10,12,14-15H2,1H3. The molecule has 0 atom stereocenters. The lowest BCUT2D eigenvalue weighted by atomic mass is 9.97. The monoisotopic (exact) mass is 398 g/mol. The lowest BCUT2D eigenvalue weighted by Crippen LogP contribution is -2.33. The summed E-state index contributed by atoms with van der Waals surface area (Å²) in [7, 11) is 0. The Morgan fingerprint density at radius 1 is 1.21 bits per heavy atom. The number of hydrogen-bond acceptors (Lipinski definition) is 4. The van der Waals surface area contributed by atoms with Gasteiger partial charge in [0.25, 0.3) is 0 Å². The molecule has 0 radical (unpaired) electrons. The van der Waals surface area contributed by atoms with Gasteiger partial charge in [0.1, 0.15) is 5.82 Å². The molecule has 0 amide bonds. The lowest BCUT2D eigenvalue weighted by molar-refractivity contribution is 0.318. The van der Waals surface area contributed by atoms with Crippen LogP contribution in [-0.4, -0.2) is 28.7 Å². The van der Waals surface area contributed by atoms with Gasteiger partial charge in [0.2, 0.25) is 0 Å². The molecule has 2 aliphatic rings. The van der Waals surface area contributed by atoms with Gasteiger partial charge >= 0.3 is 0 Å². The number of halogens is 2. The first kappa shape index (κ1) is 18.9. The van der Waals surface area contributed by atoms with E-state index in [-0.39, 0.29) is 5.82 Å². The fraction of sp³-hybridized carbons (Fsp3) is 0.364. The van der Waals surface area contributed by atoms with Crippen LogP contribution in [-0.2, 0) is 6.54 Å². The largest absolute Gasteiger partial charge is 0.368 e. The van der Waals surface area contributed by atoms with Gasteiger partial charge in [0, 0.05) is 30.4 Å². The Hall–Kier alpha value is -2.40. The van der Waals surface area contributed by atoms with Crippen molar-refractivity contribution in [1.29, 1.82) is 0 Å². The van der Waals surface area contributed by atoms with Gasteiger partial charge in [-0.3, -0.25) is 9.99 Å². The van der Waals surface area contributed by atoms with E-state index in [1.807, 2.05) is 23.3 Å². The SMILES string of the molecule is CCCCC1=C2CN(c3ccc(F)cc3Cl)N=C2CCN1Cc1ccccn1. The van der Waals surface area contributed by atoms with Crippen molar-refractivity contribution in [2.75, 3.05) is 18.1 Å². The summed E-state index contributed by atoms with van der Waals surface area (Å²) in [4.78, 5) is 6.94. The third-order valence-corrected chi connectivity index (χ3v) is 5.58. The Bertz CT molecular complexity index is 910. The highest BCUT2D eigenvalue weighted by Crippen LogP contribution is 2.35. The average Bonchev–Trinajstić information content (AvgIpc) is 3.12. The molecule has 0 fully saturated rings. The molecule has 2 aliphatic heterocycles. The Balaban J connectivity index is 1.63. The molecule has 0 unspecified atom stereocenters. The minimum atomic E-state index is -0.331. The molecule has 0 N–H and O–H groups in total. The van der Waals surface area contributed by atoms with Crippen molar-refractivity contribution in [3.63, 3.8) is 0 Å². The zero-order valence-corrected chi connectivity index (χ0v) is 16.8. The van der Waals surface area contributed by atoms with Gasteiger partial charge in [0.05, 0.1) is 35.2 Å². The molecule has 4 rings (SSSR count). The van der Waals surface area contributed by atoms with Crippen molar-refractivity contribution < 1.29 is 4.39 Å². The molecule has 0 aliphatic carbocycles. The van der Waals surface area contributed by atoms with Crippen LogP contribution in [0.25, 0.3) is 0 Å². The molecule has 0 saturated heterocycles. The zero-order chi connectivity index (χ0) is 19.5. The zero-order valence-electron chi connectivity index (χ0n) is 16.0. The Kier molecular flexibility index (Phi) is 5.62. The molecule has 0 saturated carbocycles. The second kappa shape index (κ2) is 8.31. The van der Waals surface area contributed by atoms with Crippen LogP contribution in [0.2, 0.25) is 5.02 Å². The van der Waals surface area contributed by atoms with Crippen LogP contribution in [0.15, 0.2) is 59.0 Å². The number of benzene rings is 1. The number of rotatable bonds is 6. The number of fused-ring (bicyclic) bond motifs is 1. The van der Waals surface area contributed by atoms with E-state index in [0.29, 0.717) is 11.6 Å². The van der Waals surface area contributed by atoms with Crippen LogP contribution in [0.4, 0.5) is 10.1 Å². The van der Waals surface area contributed by atoms with Crippen LogP contribution >= 0.6 is 11.6 Å². The van der Waals surface area contributed by atoms with Crippen molar-refractivity contribution in [3.05, 3.63) is 70.4 Å². The third kappa shape index (κ3) is 3.90. The topological polar surface area (TPSA) is 31.7 Å². The molecule has 3 heterocycles. The Morgan fingerprint density at radius 3 is 2.86 bits per heavy atom. The first-order valence-corrected chi connectivity index (χ1v) is 10.2. The van der Waals surface area contributed by atoms with Crippen LogP contribution < -0.4 is 5.01 Å². The lowest BCUT2D eigenvalue weighted by Gasteiger charge is -2.33. The highest BCUT2D eigenvalue weighted by atomic mass is 35.5. The Morgan fingerprint density at radius 2 is 2.11 bits per heavy atom. The highest BCUT2D eigenvalue weighted by molar-refractivity contribution is 6.33. The van der Waals surface area contributed by atoms with Gasteiger partial charge in [-0.25, -0.2) is 4.39 Å². The average molecular weight is 399 g/mol. The number of aromatic nitrogens is 1. The van der Waals surface area contributed by atoms with Crippen molar-refractivity contribution in [3.8, 4) is 0 Å². The van der Waals surface area contributed by atoms with E-state index in [1.54, 1.807) is 6.07 Å². The van der Waals surface area contributed by atoms with Crippen LogP contribution in [0.5, 0.6) is 0 Å². The van der Waals surface area contributed by atoms with E-state index in [9.17, 15) is 4.39 Å². The smallest absolute Gasteiger partial charge is 0.124 e. The number of allylic oxidation sites excluding steroid dienone is 1. The molecule has 4 nitrogen and oxygen atoms in total. The first-order chi connectivity index (χ1) is 13.7. The fourth-order valence-electron chi connectivity index (χ4n) is 3.85. The molecule has 0 bridgehead atoms. The number of hydrogen-bond donors (Lipinski definition) is 0. The molecule has 28 heavy (non-hydrogen) atoms. The van der Waals surface area contributed by atoms with Gasteiger partial charge in [-0.2, -0.15) is 5.10 Å². The van der Waals surface area contributed by atoms with Crippen LogP contribution in [0.3, 0.4) is 0 Å². The van der Waals surface area contributed by atoms with Gasteiger partial charge in [-0.1, -0.05) is 31.0 Å². The summed E-state index contributed by atoms with van der Waals surface area (Å²) in [5.41, 5.74) is 5.61. The van der Waals surface area contributed by atoms with E-state index >= 15 is 0 Å². The molecular formula is C22H24ClFN4. The fourth-order valence-corrected chi connectivity index (χ4v) is 4.12. The highest BCUT2D eigenvalue weighted by Gasteiger charge is 2.31. The molecule has 2 aromatic rings. The summed E-state index contributed by atoms with van der Waals surface area (Å²) in [6.07, 6.45) is 6.06. The molecule has 146 valence electrons. The second-order valence-electron chi connectivity index (χ2n) is 7.22. The molecule has 6 heteroatoms. The maximum Gasteiger partial charge on any atom is 0.124 e. The summed E-state index contributed by atoms with van der Waals surface area (Å²) in [5, 5.41) is 7.11. The van der Waals surface area contributed by atoms with Crippen LogP contribution in [0, 0.1) is 5.82 Å². The van der Waals surface area contributed by atoms with Crippen molar-refractivity contribution in [1.82, 2.24) is 9.88 Å². The molecule has 1 aromatic heterocycles. The number of unbranched alkanes of at least 4 members (excludes halogenated alkanes) is 1. The number of anilines is 1. The second-order valence-corrected chi connectivity index (χ2v) is 7.63. The quantitative estimate of drug-likeness (QED) is 0.652. The normalized spacial score (nSPS) is 16.5. The van der Waals surface area contributed by atoms with Crippen LogP contribution in [0.1, 0.15) is 38.3 Å².